The summed E-state index contributed by atoms with van der Waals surface area (Å²) in [6.07, 6.45) is 3.49. The summed E-state index contributed by atoms with van der Waals surface area (Å²) in [5.74, 6) is 0.0547. The molecule has 4 nitrogen and oxygen atoms in total. The molecule has 0 bridgehead atoms. The first-order chi connectivity index (χ1) is 9.54. The topological polar surface area (TPSA) is 58.4 Å². The fourth-order valence-corrected chi connectivity index (χ4v) is 2.98. The van der Waals surface area contributed by atoms with Gasteiger partial charge < -0.3 is 11.1 Å². The maximum absolute atomic E-state index is 12.4. The number of hydrogen-bond donors (Lipinski definition) is 2. The second kappa shape index (κ2) is 6.27. The molecule has 1 aromatic carbocycles. The summed E-state index contributed by atoms with van der Waals surface area (Å²) in [6.45, 7) is 7.13. The Bertz CT molecular complexity index is 487. The summed E-state index contributed by atoms with van der Waals surface area (Å²) in [4.78, 5) is 14.7. The fourth-order valence-electron chi connectivity index (χ4n) is 2.98. The van der Waals surface area contributed by atoms with E-state index in [0.717, 1.165) is 24.2 Å². The molecule has 3 N–H and O–H groups in total. The quantitative estimate of drug-likeness (QED) is 0.831. The lowest BCUT2D eigenvalue weighted by molar-refractivity contribution is -0.121. The Morgan fingerprint density at radius 1 is 1.55 bits per heavy atom. The van der Waals surface area contributed by atoms with E-state index in [2.05, 4.69) is 17.1 Å². The molecular weight excluding hydrogens is 250 g/mol. The van der Waals surface area contributed by atoms with Crippen LogP contribution < -0.4 is 11.1 Å². The number of nitrogens with zero attached hydrogens (tertiary/aromatic N) is 1. The lowest BCUT2D eigenvalue weighted by Gasteiger charge is -2.29. The first kappa shape index (κ1) is 14.9. The largest absolute Gasteiger partial charge is 0.398 e. The number of hydrogen-bond acceptors (Lipinski definition) is 3. The summed E-state index contributed by atoms with van der Waals surface area (Å²) in [5, 5.41) is 3.01. The molecule has 1 aromatic rings. The maximum Gasteiger partial charge on any atom is 0.241 e. The van der Waals surface area contributed by atoms with Crippen molar-refractivity contribution in [3.8, 4) is 0 Å². The van der Waals surface area contributed by atoms with Gasteiger partial charge in [0, 0.05) is 17.4 Å². The van der Waals surface area contributed by atoms with E-state index < -0.39 is 0 Å². The smallest absolute Gasteiger partial charge is 0.241 e. The number of carbonyl (C=O) groups is 1. The molecule has 1 aliphatic rings. The average Bonchev–Trinajstić information content (AvgIpc) is 2.91. The predicted octanol–water partition coefficient (Wildman–Crippen LogP) is 2.78. The first-order valence-electron chi connectivity index (χ1n) is 7.46. The van der Waals surface area contributed by atoms with Crippen LogP contribution in [-0.4, -0.2) is 29.4 Å². The zero-order chi connectivity index (χ0) is 14.7. The van der Waals surface area contributed by atoms with E-state index in [4.69, 9.17) is 5.73 Å². The summed E-state index contributed by atoms with van der Waals surface area (Å²) < 4.78 is 0. The van der Waals surface area contributed by atoms with Crippen LogP contribution in [0.4, 0.5) is 11.4 Å². The van der Waals surface area contributed by atoms with Gasteiger partial charge >= 0.3 is 0 Å². The molecule has 1 saturated heterocycles. The molecule has 4 heteroatoms. The Kier molecular flexibility index (Phi) is 4.65. The lowest BCUT2D eigenvalue weighted by Crippen LogP contribution is -2.44. The van der Waals surface area contributed by atoms with Crippen molar-refractivity contribution in [2.24, 2.45) is 0 Å². The van der Waals surface area contributed by atoms with Crippen LogP contribution >= 0.6 is 0 Å². The van der Waals surface area contributed by atoms with Gasteiger partial charge in [-0.05, 0) is 57.4 Å². The highest BCUT2D eigenvalue weighted by atomic mass is 16.2. The molecule has 0 spiro atoms. The molecule has 0 aromatic heterocycles. The molecule has 2 unspecified atom stereocenters. The van der Waals surface area contributed by atoms with Crippen LogP contribution in [0.1, 0.15) is 38.7 Å². The van der Waals surface area contributed by atoms with E-state index >= 15 is 0 Å². The van der Waals surface area contributed by atoms with Gasteiger partial charge in [-0.25, -0.2) is 0 Å². The third-order valence-corrected chi connectivity index (χ3v) is 4.40. The summed E-state index contributed by atoms with van der Waals surface area (Å²) in [7, 11) is 0. The van der Waals surface area contributed by atoms with Crippen molar-refractivity contribution in [3.05, 3.63) is 23.8 Å². The van der Waals surface area contributed by atoms with E-state index in [1.54, 1.807) is 0 Å². The number of nitrogen functional groups attached to an aromatic ring is 1. The van der Waals surface area contributed by atoms with Crippen LogP contribution in [-0.2, 0) is 4.79 Å². The Labute approximate surface area is 121 Å². The number of anilines is 2. The molecule has 20 heavy (non-hydrogen) atoms. The minimum Gasteiger partial charge on any atom is -0.398 e. The maximum atomic E-state index is 12.4. The minimum atomic E-state index is -0.0942. The van der Waals surface area contributed by atoms with Gasteiger partial charge in [0.15, 0.2) is 0 Å². The molecule has 1 heterocycles. The van der Waals surface area contributed by atoms with Gasteiger partial charge in [0.25, 0.3) is 0 Å². The Morgan fingerprint density at radius 3 is 3.00 bits per heavy atom. The van der Waals surface area contributed by atoms with E-state index in [0.29, 0.717) is 11.7 Å². The van der Waals surface area contributed by atoms with Gasteiger partial charge in [-0.2, -0.15) is 0 Å². The summed E-state index contributed by atoms with van der Waals surface area (Å²) in [6, 6.07) is 6.06. The zero-order valence-electron chi connectivity index (χ0n) is 12.6. The van der Waals surface area contributed by atoms with Gasteiger partial charge in [-0.1, -0.05) is 13.0 Å². The van der Waals surface area contributed by atoms with Crippen LogP contribution in [0, 0.1) is 6.92 Å². The number of nitrogens with one attached hydrogen (secondary N) is 1. The van der Waals surface area contributed by atoms with Crippen molar-refractivity contribution >= 4 is 17.3 Å². The van der Waals surface area contributed by atoms with Crippen LogP contribution in [0.15, 0.2) is 18.2 Å². The lowest BCUT2D eigenvalue weighted by atomic mass is 10.1. The zero-order valence-corrected chi connectivity index (χ0v) is 12.6. The van der Waals surface area contributed by atoms with Crippen LogP contribution in [0.3, 0.4) is 0 Å². The molecule has 2 atom stereocenters. The Morgan fingerprint density at radius 2 is 2.30 bits per heavy atom. The van der Waals surface area contributed by atoms with Crippen molar-refractivity contribution in [3.63, 3.8) is 0 Å². The second-order valence-corrected chi connectivity index (χ2v) is 5.63. The molecule has 0 aliphatic carbocycles. The van der Waals surface area contributed by atoms with Crippen molar-refractivity contribution in [2.75, 3.05) is 17.6 Å². The van der Waals surface area contributed by atoms with Crippen molar-refractivity contribution in [1.29, 1.82) is 0 Å². The SMILES string of the molecule is CCC1CCCN1C(C)C(=O)Nc1cccc(N)c1C. The Balaban J connectivity index is 2.06. The number of benzene rings is 1. The molecule has 1 amide bonds. The first-order valence-corrected chi connectivity index (χ1v) is 7.46. The third kappa shape index (κ3) is 2.96. The highest BCUT2D eigenvalue weighted by Gasteiger charge is 2.30. The van der Waals surface area contributed by atoms with Gasteiger partial charge in [0.2, 0.25) is 5.91 Å². The van der Waals surface area contributed by atoms with Gasteiger partial charge in [0.1, 0.15) is 0 Å². The molecule has 0 radical (unpaired) electrons. The number of rotatable bonds is 4. The monoisotopic (exact) mass is 275 g/mol. The Hall–Kier alpha value is -1.55. The van der Waals surface area contributed by atoms with Gasteiger partial charge in [-0.3, -0.25) is 9.69 Å². The standard InChI is InChI=1S/C16H25N3O/c1-4-13-7-6-10-19(13)12(3)16(20)18-15-9-5-8-14(17)11(15)2/h5,8-9,12-13H,4,6-7,10,17H2,1-3H3,(H,18,20). The molecule has 110 valence electrons. The van der Waals surface area contributed by atoms with E-state index in [9.17, 15) is 4.79 Å². The van der Waals surface area contributed by atoms with E-state index in [-0.39, 0.29) is 11.9 Å². The van der Waals surface area contributed by atoms with Crippen LogP contribution in [0.5, 0.6) is 0 Å². The molecule has 0 saturated carbocycles. The van der Waals surface area contributed by atoms with Gasteiger partial charge in [-0.15, -0.1) is 0 Å². The van der Waals surface area contributed by atoms with Crippen LogP contribution in [0.25, 0.3) is 0 Å². The highest BCUT2D eigenvalue weighted by Crippen LogP contribution is 2.24. The fraction of sp³-hybridized carbons (Fsp3) is 0.562. The van der Waals surface area contributed by atoms with Crippen LogP contribution in [0.2, 0.25) is 0 Å². The average molecular weight is 275 g/mol. The van der Waals surface area contributed by atoms with Crippen molar-refractivity contribution in [1.82, 2.24) is 4.90 Å². The molecule has 1 aliphatic heterocycles. The minimum absolute atomic E-state index is 0.0547. The summed E-state index contributed by atoms with van der Waals surface area (Å²) in [5.41, 5.74) is 8.33. The van der Waals surface area contributed by atoms with Crippen molar-refractivity contribution in [2.45, 2.75) is 52.1 Å². The van der Waals surface area contributed by atoms with Gasteiger partial charge in [0.05, 0.1) is 6.04 Å². The van der Waals surface area contributed by atoms with Crippen molar-refractivity contribution < 1.29 is 4.79 Å². The third-order valence-electron chi connectivity index (χ3n) is 4.40. The van der Waals surface area contributed by atoms with E-state index in [1.807, 2.05) is 32.0 Å². The number of likely N-dealkylation sites (tertiary alicyclic amines) is 1. The summed E-state index contributed by atoms with van der Waals surface area (Å²) >= 11 is 0. The number of amides is 1. The number of carbonyl (C=O) groups excluding carboxylic acids is 1. The number of nitrogens with two attached hydrogens (primary N) is 1. The van der Waals surface area contributed by atoms with E-state index in [1.165, 1.54) is 12.8 Å². The highest BCUT2D eigenvalue weighted by molar-refractivity contribution is 5.95. The molecule has 2 rings (SSSR count). The molecular formula is C16H25N3O. The normalized spacial score (nSPS) is 20.9. The second-order valence-electron chi connectivity index (χ2n) is 5.63. The molecule has 1 fully saturated rings. The predicted molar refractivity (Wildman–Crippen MR) is 83.7 cm³/mol.